The number of anilines is 1. The predicted octanol–water partition coefficient (Wildman–Crippen LogP) is 3.76. The summed E-state index contributed by atoms with van der Waals surface area (Å²) in [4.78, 5) is 17.0. The van der Waals surface area contributed by atoms with Crippen LogP contribution in [-0.2, 0) is 0 Å². The minimum atomic E-state index is -0.336. The minimum Gasteiger partial charge on any atom is -0.308 e. The van der Waals surface area contributed by atoms with Gasteiger partial charge in [0, 0.05) is 18.6 Å². The molecule has 0 aliphatic rings. The molecule has 1 amide bonds. The summed E-state index contributed by atoms with van der Waals surface area (Å²) in [5.74, 6) is 0.354. The van der Waals surface area contributed by atoms with Crippen LogP contribution in [0.25, 0.3) is 11.5 Å². The Bertz CT molecular complexity index is 1080. The fraction of sp³-hybridized carbons (Fsp3) is 0.0500. The highest BCUT2D eigenvalue weighted by atomic mass is 19.1. The first kappa shape index (κ1) is 16.7. The van der Waals surface area contributed by atoms with Gasteiger partial charge in [0.2, 0.25) is 0 Å². The van der Waals surface area contributed by atoms with Crippen LogP contribution in [0.4, 0.5) is 10.2 Å². The summed E-state index contributed by atoms with van der Waals surface area (Å²) in [6.45, 7) is 1.93. The van der Waals surface area contributed by atoms with Gasteiger partial charge in [-0.25, -0.2) is 14.1 Å². The molecule has 4 rings (SSSR count). The van der Waals surface area contributed by atoms with Crippen molar-refractivity contribution in [3.8, 4) is 11.5 Å². The summed E-state index contributed by atoms with van der Waals surface area (Å²) < 4.78 is 16.7. The number of amides is 1. The van der Waals surface area contributed by atoms with Crippen LogP contribution in [0.1, 0.15) is 15.9 Å². The zero-order valence-corrected chi connectivity index (χ0v) is 14.5. The van der Waals surface area contributed by atoms with Crippen LogP contribution in [0.5, 0.6) is 0 Å². The SMILES string of the molecule is Cc1ccnc(NC(=O)c2cnn(-c3ccc(F)cc3)c2-n2cccc2)c1. The monoisotopic (exact) mass is 361 g/mol. The van der Waals surface area contributed by atoms with E-state index in [0.29, 0.717) is 22.9 Å². The third kappa shape index (κ3) is 3.35. The molecule has 0 fully saturated rings. The average Bonchev–Trinajstić information content (AvgIpc) is 3.32. The van der Waals surface area contributed by atoms with E-state index in [1.165, 1.54) is 18.3 Å². The van der Waals surface area contributed by atoms with E-state index < -0.39 is 0 Å². The summed E-state index contributed by atoms with van der Waals surface area (Å²) in [7, 11) is 0. The number of nitrogens with one attached hydrogen (secondary N) is 1. The molecule has 0 radical (unpaired) electrons. The zero-order chi connectivity index (χ0) is 18.8. The van der Waals surface area contributed by atoms with Gasteiger partial charge in [-0.3, -0.25) is 4.79 Å². The zero-order valence-electron chi connectivity index (χ0n) is 14.5. The third-order valence-corrected chi connectivity index (χ3v) is 4.07. The van der Waals surface area contributed by atoms with E-state index in [-0.39, 0.29) is 11.7 Å². The van der Waals surface area contributed by atoms with Crippen molar-refractivity contribution in [3.63, 3.8) is 0 Å². The number of halogens is 1. The number of benzene rings is 1. The second kappa shape index (κ2) is 6.87. The molecule has 0 unspecified atom stereocenters. The van der Waals surface area contributed by atoms with E-state index in [4.69, 9.17) is 0 Å². The van der Waals surface area contributed by atoms with Crippen molar-refractivity contribution in [1.29, 1.82) is 0 Å². The maximum Gasteiger partial charge on any atom is 0.262 e. The van der Waals surface area contributed by atoms with Crippen LogP contribution in [0.2, 0.25) is 0 Å². The van der Waals surface area contributed by atoms with Gasteiger partial charge in [-0.1, -0.05) is 0 Å². The van der Waals surface area contributed by atoms with E-state index >= 15 is 0 Å². The molecule has 27 heavy (non-hydrogen) atoms. The fourth-order valence-electron chi connectivity index (χ4n) is 2.79. The molecule has 3 aromatic heterocycles. The summed E-state index contributed by atoms with van der Waals surface area (Å²) >= 11 is 0. The first-order valence-electron chi connectivity index (χ1n) is 8.33. The second-order valence-electron chi connectivity index (χ2n) is 6.03. The van der Waals surface area contributed by atoms with Gasteiger partial charge >= 0.3 is 0 Å². The van der Waals surface area contributed by atoms with Crippen LogP contribution in [0.15, 0.2) is 73.3 Å². The molecule has 4 aromatic rings. The molecule has 0 bridgehead atoms. The summed E-state index contributed by atoms with van der Waals surface area (Å²) in [5.41, 5.74) is 2.01. The highest BCUT2D eigenvalue weighted by molar-refractivity contribution is 6.06. The Labute approximate surface area is 154 Å². The minimum absolute atomic E-state index is 0.329. The molecule has 134 valence electrons. The molecular weight excluding hydrogens is 345 g/mol. The average molecular weight is 361 g/mol. The van der Waals surface area contributed by atoms with Gasteiger partial charge in [0.15, 0.2) is 5.82 Å². The molecule has 1 aromatic carbocycles. The number of hydrogen-bond donors (Lipinski definition) is 1. The van der Waals surface area contributed by atoms with Crippen molar-refractivity contribution in [2.75, 3.05) is 5.32 Å². The van der Waals surface area contributed by atoms with Crippen LogP contribution < -0.4 is 5.32 Å². The smallest absolute Gasteiger partial charge is 0.262 e. The van der Waals surface area contributed by atoms with Gasteiger partial charge < -0.3 is 9.88 Å². The van der Waals surface area contributed by atoms with Gasteiger partial charge in [-0.05, 0) is 61.0 Å². The van der Waals surface area contributed by atoms with E-state index in [9.17, 15) is 9.18 Å². The Morgan fingerprint density at radius 3 is 2.56 bits per heavy atom. The number of aromatic nitrogens is 4. The van der Waals surface area contributed by atoms with E-state index in [1.807, 2.05) is 37.5 Å². The number of rotatable bonds is 4. The lowest BCUT2D eigenvalue weighted by molar-refractivity contribution is 0.102. The Hall–Kier alpha value is -3.74. The number of nitrogens with zero attached hydrogens (tertiary/aromatic N) is 4. The highest BCUT2D eigenvalue weighted by Crippen LogP contribution is 2.21. The van der Waals surface area contributed by atoms with E-state index in [2.05, 4.69) is 15.4 Å². The molecule has 0 aliphatic carbocycles. The van der Waals surface area contributed by atoms with Crippen LogP contribution in [0, 0.1) is 12.7 Å². The Morgan fingerprint density at radius 2 is 1.85 bits per heavy atom. The first-order valence-corrected chi connectivity index (χ1v) is 8.33. The Kier molecular flexibility index (Phi) is 4.25. The third-order valence-electron chi connectivity index (χ3n) is 4.07. The van der Waals surface area contributed by atoms with Crippen LogP contribution in [-0.4, -0.2) is 25.2 Å². The largest absolute Gasteiger partial charge is 0.308 e. The summed E-state index contributed by atoms with van der Waals surface area (Å²) in [6.07, 6.45) is 6.76. The normalized spacial score (nSPS) is 10.7. The van der Waals surface area contributed by atoms with Gasteiger partial charge in [0.25, 0.3) is 5.91 Å². The number of carbonyl (C=O) groups is 1. The van der Waals surface area contributed by atoms with E-state index in [1.54, 1.807) is 33.6 Å². The molecule has 0 spiro atoms. The Balaban J connectivity index is 1.77. The Morgan fingerprint density at radius 1 is 1.11 bits per heavy atom. The molecule has 0 saturated carbocycles. The molecular formula is C20H16FN5O. The molecule has 0 saturated heterocycles. The fourth-order valence-corrected chi connectivity index (χ4v) is 2.79. The van der Waals surface area contributed by atoms with Crippen molar-refractivity contribution in [1.82, 2.24) is 19.3 Å². The lowest BCUT2D eigenvalue weighted by atomic mass is 10.2. The number of pyridine rings is 1. The maximum atomic E-state index is 13.3. The maximum absolute atomic E-state index is 13.3. The standard InChI is InChI=1S/C20H16FN5O/c1-14-8-9-22-18(12-14)24-19(27)17-13-23-26(16-6-4-15(21)5-7-16)20(17)25-10-2-3-11-25/h2-13H,1H3,(H,22,24,27). The molecule has 7 heteroatoms. The van der Waals surface area contributed by atoms with Gasteiger partial charge in [0.05, 0.1) is 11.9 Å². The van der Waals surface area contributed by atoms with E-state index in [0.717, 1.165) is 5.56 Å². The molecule has 1 N–H and O–H groups in total. The molecule has 6 nitrogen and oxygen atoms in total. The quantitative estimate of drug-likeness (QED) is 0.602. The molecule has 0 atom stereocenters. The van der Waals surface area contributed by atoms with Crippen molar-refractivity contribution in [3.05, 3.63) is 90.3 Å². The topological polar surface area (TPSA) is 64.7 Å². The molecule has 0 aliphatic heterocycles. The lowest BCUT2D eigenvalue weighted by Crippen LogP contribution is -2.16. The number of hydrogen-bond acceptors (Lipinski definition) is 3. The summed E-state index contributed by atoms with van der Waals surface area (Å²) in [5, 5.41) is 7.14. The number of carbonyl (C=O) groups excluding carboxylic acids is 1. The van der Waals surface area contributed by atoms with Crippen molar-refractivity contribution >= 4 is 11.7 Å². The number of aryl methyl sites for hydroxylation is 1. The van der Waals surface area contributed by atoms with Crippen molar-refractivity contribution < 1.29 is 9.18 Å². The first-order chi connectivity index (χ1) is 13.1. The van der Waals surface area contributed by atoms with Crippen LogP contribution >= 0.6 is 0 Å². The van der Waals surface area contributed by atoms with Gasteiger partial charge in [0.1, 0.15) is 17.2 Å². The molecule has 3 heterocycles. The van der Waals surface area contributed by atoms with Crippen LogP contribution in [0.3, 0.4) is 0 Å². The van der Waals surface area contributed by atoms with Gasteiger partial charge in [-0.15, -0.1) is 0 Å². The predicted molar refractivity (Wildman–Crippen MR) is 99.8 cm³/mol. The highest BCUT2D eigenvalue weighted by Gasteiger charge is 2.20. The summed E-state index contributed by atoms with van der Waals surface area (Å²) in [6, 6.07) is 13.3. The van der Waals surface area contributed by atoms with Crippen molar-refractivity contribution in [2.45, 2.75) is 6.92 Å². The lowest BCUT2D eigenvalue weighted by Gasteiger charge is -2.11. The van der Waals surface area contributed by atoms with Gasteiger partial charge in [-0.2, -0.15) is 5.10 Å². The second-order valence-corrected chi connectivity index (χ2v) is 6.03. The van der Waals surface area contributed by atoms with Crippen molar-refractivity contribution in [2.24, 2.45) is 0 Å².